The second kappa shape index (κ2) is 10.6. The van der Waals surface area contributed by atoms with Crippen LogP contribution in [0.25, 0.3) is 22.6 Å². The largest absolute Gasteiger partial charge is 0.372 e. The Bertz CT molecular complexity index is 1360. The fourth-order valence-corrected chi connectivity index (χ4v) is 4.86. The number of amides is 1. The van der Waals surface area contributed by atoms with Gasteiger partial charge in [-0.2, -0.15) is 0 Å². The average Bonchev–Trinajstić information content (AvgIpc) is 3.28. The number of ether oxygens (including phenoxy) is 1. The van der Waals surface area contributed by atoms with Gasteiger partial charge in [-0.15, -0.1) is 0 Å². The Morgan fingerprint density at radius 1 is 1.08 bits per heavy atom. The normalized spacial score (nSPS) is 18.6. The predicted octanol–water partition coefficient (Wildman–Crippen LogP) is 3.79. The molecule has 5 rings (SSSR count). The summed E-state index contributed by atoms with van der Waals surface area (Å²) in [4.78, 5) is 37.9. The van der Waals surface area contributed by atoms with Gasteiger partial charge in [-0.1, -0.05) is 30.3 Å². The molecule has 1 fully saturated rings. The molecular weight excluding hydrogens is 468 g/mol. The molecule has 1 aliphatic rings. The summed E-state index contributed by atoms with van der Waals surface area (Å²) in [6, 6.07) is 9.67. The number of carbonyl (C=O) groups excluding carboxylic acids is 1. The van der Waals surface area contributed by atoms with Crippen LogP contribution >= 0.6 is 0 Å². The van der Waals surface area contributed by atoms with E-state index in [1.165, 1.54) is 6.33 Å². The summed E-state index contributed by atoms with van der Waals surface area (Å²) in [6.07, 6.45) is 5.38. The highest BCUT2D eigenvalue weighted by Crippen LogP contribution is 2.30. The number of anilines is 1. The monoisotopic (exact) mass is 500 g/mol. The maximum Gasteiger partial charge on any atom is 0.225 e. The number of morpholine rings is 1. The van der Waals surface area contributed by atoms with Gasteiger partial charge in [-0.25, -0.2) is 24.9 Å². The van der Waals surface area contributed by atoms with Gasteiger partial charge in [0.15, 0.2) is 17.0 Å². The van der Waals surface area contributed by atoms with E-state index in [1.54, 1.807) is 12.4 Å². The molecule has 0 bridgehead atoms. The molecule has 10 heteroatoms. The van der Waals surface area contributed by atoms with Gasteiger partial charge in [0.1, 0.15) is 18.0 Å². The lowest BCUT2D eigenvalue weighted by Gasteiger charge is -2.36. The van der Waals surface area contributed by atoms with Gasteiger partial charge in [0.2, 0.25) is 5.91 Å². The molecule has 1 N–H and O–H groups in total. The average molecular weight is 501 g/mol. The van der Waals surface area contributed by atoms with Crippen LogP contribution in [0, 0.1) is 6.92 Å². The van der Waals surface area contributed by atoms with Crippen molar-refractivity contribution in [2.24, 2.45) is 0 Å². The van der Waals surface area contributed by atoms with E-state index >= 15 is 0 Å². The first-order valence-corrected chi connectivity index (χ1v) is 12.7. The third-order valence-corrected chi connectivity index (χ3v) is 6.55. The van der Waals surface area contributed by atoms with E-state index in [0.717, 1.165) is 17.0 Å². The van der Waals surface area contributed by atoms with Crippen LogP contribution in [0.2, 0.25) is 0 Å². The van der Waals surface area contributed by atoms with Gasteiger partial charge >= 0.3 is 0 Å². The Labute approximate surface area is 216 Å². The van der Waals surface area contributed by atoms with Crippen molar-refractivity contribution in [2.45, 2.75) is 58.9 Å². The number of aryl methyl sites for hydroxylation is 2. The van der Waals surface area contributed by atoms with Gasteiger partial charge in [0.05, 0.1) is 30.2 Å². The molecule has 0 saturated carbocycles. The summed E-state index contributed by atoms with van der Waals surface area (Å²) >= 11 is 0. The summed E-state index contributed by atoms with van der Waals surface area (Å²) < 4.78 is 7.84. The van der Waals surface area contributed by atoms with E-state index in [0.29, 0.717) is 42.4 Å². The molecule has 10 nitrogen and oxygen atoms in total. The van der Waals surface area contributed by atoms with Crippen LogP contribution in [0.1, 0.15) is 44.6 Å². The molecule has 192 valence electrons. The lowest BCUT2D eigenvalue weighted by atomic mass is 10.0. The Morgan fingerprint density at radius 2 is 1.78 bits per heavy atom. The van der Waals surface area contributed by atoms with Gasteiger partial charge < -0.3 is 19.5 Å². The molecular formula is C27H32N8O2. The highest BCUT2D eigenvalue weighted by molar-refractivity contribution is 5.87. The Hall–Kier alpha value is -3.92. The molecule has 37 heavy (non-hydrogen) atoms. The molecule has 1 aromatic carbocycles. The molecule has 0 spiro atoms. The maximum absolute atomic E-state index is 13.4. The zero-order valence-corrected chi connectivity index (χ0v) is 21.6. The van der Waals surface area contributed by atoms with Gasteiger partial charge in [0.25, 0.3) is 0 Å². The molecule has 0 aliphatic carbocycles. The number of imidazole rings is 1. The smallest absolute Gasteiger partial charge is 0.225 e. The highest BCUT2D eigenvalue weighted by atomic mass is 16.5. The molecule has 4 aromatic rings. The second-order valence-corrected chi connectivity index (χ2v) is 9.46. The summed E-state index contributed by atoms with van der Waals surface area (Å²) in [6.45, 7) is 9.75. The van der Waals surface area contributed by atoms with E-state index in [2.05, 4.69) is 25.3 Å². The highest BCUT2D eigenvalue weighted by Gasteiger charge is 2.28. The lowest BCUT2D eigenvalue weighted by Crippen LogP contribution is -2.48. The Morgan fingerprint density at radius 3 is 2.46 bits per heavy atom. The van der Waals surface area contributed by atoms with Crippen molar-refractivity contribution >= 4 is 22.9 Å². The van der Waals surface area contributed by atoms with E-state index in [9.17, 15) is 4.79 Å². The van der Waals surface area contributed by atoms with Crippen molar-refractivity contribution in [3.8, 4) is 11.4 Å². The Balaban J connectivity index is 1.49. The van der Waals surface area contributed by atoms with Crippen molar-refractivity contribution in [1.29, 1.82) is 0 Å². The van der Waals surface area contributed by atoms with Crippen LogP contribution in [0.5, 0.6) is 0 Å². The molecule has 3 atom stereocenters. The number of carbonyl (C=O) groups is 1. The molecule has 0 radical (unpaired) electrons. The third kappa shape index (κ3) is 5.29. The molecule has 1 aliphatic heterocycles. The summed E-state index contributed by atoms with van der Waals surface area (Å²) in [5.41, 5.74) is 3.16. The van der Waals surface area contributed by atoms with E-state index in [-0.39, 0.29) is 30.6 Å². The number of nitrogens with zero attached hydrogens (tertiary/aromatic N) is 7. The van der Waals surface area contributed by atoms with Crippen molar-refractivity contribution < 1.29 is 9.53 Å². The standard InChI is InChI=1S/C27H32N8O2/c1-5-35-26(21-12-28-19(4)29-13-21)33-24-25(30-16-31-27(24)35)32-22(20-9-7-6-8-10-20)11-23(36)34-14-17(2)37-18(3)15-34/h6-10,12-13,16-18,22H,5,11,14-15H2,1-4H3,(H,30,31,32)/t17?,18?,22-/m0/s1. The van der Waals surface area contributed by atoms with Crippen molar-refractivity contribution in [3.05, 3.63) is 60.4 Å². The quantitative estimate of drug-likeness (QED) is 0.408. The first-order valence-electron chi connectivity index (χ1n) is 12.7. The zero-order chi connectivity index (χ0) is 25.9. The molecule has 3 aromatic heterocycles. The minimum Gasteiger partial charge on any atom is -0.372 e. The second-order valence-electron chi connectivity index (χ2n) is 9.46. The minimum atomic E-state index is -0.293. The van der Waals surface area contributed by atoms with Crippen molar-refractivity contribution in [2.75, 3.05) is 18.4 Å². The SMILES string of the molecule is CCn1c(-c2cnc(C)nc2)nc2c(N[C@@H](CC(=O)N3CC(C)OC(C)C3)c3ccccc3)ncnc21. The van der Waals surface area contributed by atoms with Crippen LogP contribution in [0.3, 0.4) is 0 Å². The topological polar surface area (TPSA) is 111 Å². The van der Waals surface area contributed by atoms with Crippen LogP contribution in [0.15, 0.2) is 49.1 Å². The van der Waals surface area contributed by atoms with Crippen LogP contribution in [-0.4, -0.2) is 65.6 Å². The van der Waals surface area contributed by atoms with E-state index in [1.807, 2.05) is 67.5 Å². The predicted molar refractivity (Wildman–Crippen MR) is 141 cm³/mol. The van der Waals surface area contributed by atoms with Gasteiger partial charge in [-0.05, 0) is 33.3 Å². The fourth-order valence-electron chi connectivity index (χ4n) is 4.86. The number of benzene rings is 1. The zero-order valence-electron chi connectivity index (χ0n) is 21.6. The first kappa shape index (κ1) is 24.8. The molecule has 1 amide bonds. The summed E-state index contributed by atoms with van der Waals surface area (Å²) in [5.74, 6) is 2.08. The Kier molecular flexibility index (Phi) is 7.09. The minimum absolute atomic E-state index is 0.0134. The van der Waals surface area contributed by atoms with E-state index in [4.69, 9.17) is 9.72 Å². The summed E-state index contributed by atoms with van der Waals surface area (Å²) in [5, 5.41) is 3.52. The van der Waals surface area contributed by atoms with Gasteiger partial charge in [-0.3, -0.25) is 4.79 Å². The first-order chi connectivity index (χ1) is 17.9. The van der Waals surface area contributed by atoms with Crippen LogP contribution in [0.4, 0.5) is 5.82 Å². The van der Waals surface area contributed by atoms with Gasteiger partial charge in [0, 0.05) is 32.0 Å². The maximum atomic E-state index is 13.4. The van der Waals surface area contributed by atoms with E-state index < -0.39 is 0 Å². The fraction of sp³-hybridized carbons (Fsp3) is 0.407. The van der Waals surface area contributed by atoms with Crippen molar-refractivity contribution in [1.82, 2.24) is 34.4 Å². The third-order valence-electron chi connectivity index (χ3n) is 6.55. The number of aromatic nitrogens is 6. The molecule has 2 unspecified atom stereocenters. The van der Waals surface area contributed by atoms with Crippen LogP contribution in [-0.2, 0) is 16.1 Å². The van der Waals surface area contributed by atoms with Crippen LogP contribution < -0.4 is 5.32 Å². The number of rotatable bonds is 7. The number of fused-ring (bicyclic) bond motifs is 1. The van der Waals surface area contributed by atoms with Crippen molar-refractivity contribution in [3.63, 3.8) is 0 Å². The number of nitrogens with one attached hydrogen (secondary N) is 1. The number of hydrogen-bond donors (Lipinski definition) is 1. The summed E-state index contributed by atoms with van der Waals surface area (Å²) in [7, 11) is 0. The molecule has 4 heterocycles. The molecule has 1 saturated heterocycles. The lowest BCUT2D eigenvalue weighted by molar-refractivity contribution is -0.143. The number of hydrogen-bond acceptors (Lipinski definition) is 8.